The van der Waals surface area contributed by atoms with Crippen LogP contribution >= 0.6 is 0 Å². The van der Waals surface area contributed by atoms with Crippen LogP contribution in [0.1, 0.15) is 12.0 Å². The summed E-state index contributed by atoms with van der Waals surface area (Å²) in [4.78, 5) is 18.0. The molecule has 2 rings (SSSR count). The Labute approximate surface area is 135 Å². The lowest BCUT2D eigenvalue weighted by atomic mass is 10.1. The van der Waals surface area contributed by atoms with Gasteiger partial charge in [0, 0.05) is 13.6 Å². The first-order valence-electron chi connectivity index (χ1n) is 7.25. The number of hydrogen-bond acceptors (Lipinski definition) is 4. The third-order valence-corrected chi connectivity index (χ3v) is 5.06. The number of benzene rings is 1. The molecule has 2 N–H and O–H groups in total. The van der Waals surface area contributed by atoms with Gasteiger partial charge in [-0.25, -0.2) is 13.4 Å². The van der Waals surface area contributed by atoms with Crippen molar-refractivity contribution in [2.45, 2.75) is 17.9 Å². The van der Waals surface area contributed by atoms with Crippen LogP contribution in [-0.4, -0.2) is 48.7 Å². The number of carbonyl (C=O) groups excluding carboxylic acids is 1. The maximum Gasteiger partial charge on any atom is 0.260 e. The number of nitrogens with zero attached hydrogens (tertiary/aromatic N) is 2. The van der Waals surface area contributed by atoms with E-state index in [0.717, 1.165) is 17.1 Å². The quantitative estimate of drug-likeness (QED) is 0.696. The van der Waals surface area contributed by atoms with Crippen LogP contribution in [0.2, 0.25) is 0 Å². The number of aromatic nitrogens is 2. The molecule has 0 unspecified atom stereocenters. The molecular weight excluding hydrogens is 316 g/mol. The normalized spacial score (nSPS) is 11.6. The molecule has 0 saturated carbocycles. The predicted molar refractivity (Wildman–Crippen MR) is 86.2 cm³/mol. The van der Waals surface area contributed by atoms with E-state index in [1.54, 1.807) is 0 Å². The molecular formula is C15H20N4O3S. The van der Waals surface area contributed by atoms with Crippen molar-refractivity contribution in [3.8, 4) is 0 Å². The van der Waals surface area contributed by atoms with Gasteiger partial charge in [0.1, 0.15) is 0 Å². The number of hydrogen-bond donors (Lipinski definition) is 2. The maximum absolute atomic E-state index is 12.1. The summed E-state index contributed by atoms with van der Waals surface area (Å²) in [7, 11) is -2.35. The van der Waals surface area contributed by atoms with E-state index in [9.17, 15) is 13.2 Å². The molecule has 1 aromatic heterocycles. The molecule has 0 aliphatic heterocycles. The fourth-order valence-electron chi connectivity index (χ4n) is 2.06. The van der Waals surface area contributed by atoms with Gasteiger partial charge in [0.25, 0.3) is 10.0 Å². The van der Waals surface area contributed by atoms with Crippen molar-refractivity contribution in [3.05, 3.63) is 48.4 Å². The average Bonchev–Trinajstić information content (AvgIpc) is 3.07. The predicted octanol–water partition coefficient (Wildman–Crippen LogP) is 0.779. The molecule has 23 heavy (non-hydrogen) atoms. The zero-order chi connectivity index (χ0) is 16.7. The zero-order valence-electron chi connectivity index (χ0n) is 12.9. The maximum atomic E-state index is 12.1. The molecule has 1 aromatic carbocycles. The number of imidazole rings is 1. The van der Waals surface area contributed by atoms with Crippen LogP contribution in [-0.2, 0) is 21.2 Å². The average molecular weight is 336 g/mol. The molecule has 0 fully saturated rings. The van der Waals surface area contributed by atoms with Crippen molar-refractivity contribution in [2.24, 2.45) is 0 Å². The minimum Gasteiger partial charge on any atom is -0.355 e. The molecule has 8 heteroatoms. The Morgan fingerprint density at radius 2 is 2.04 bits per heavy atom. The molecule has 1 amide bonds. The number of amides is 1. The SMILES string of the molecule is CN(CC(=O)NCCCc1ccccc1)S(=O)(=O)c1cnc[nH]1. The lowest BCUT2D eigenvalue weighted by Gasteiger charge is -2.15. The van der Waals surface area contributed by atoms with Crippen molar-refractivity contribution >= 4 is 15.9 Å². The highest BCUT2D eigenvalue weighted by atomic mass is 32.2. The van der Waals surface area contributed by atoms with Gasteiger partial charge in [-0.2, -0.15) is 4.31 Å². The smallest absolute Gasteiger partial charge is 0.260 e. The van der Waals surface area contributed by atoms with E-state index >= 15 is 0 Å². The highest BCUT2D eigenvalue weighted by Crippen LogP contribution is 2.09. The Morgan fingerprint density at radius 1 is 1.30 bits per heavy atom. The third kappa shape index (κ3) is 4.90. The Bertz CT molecular complexity index is 714. The van der Waals surface area contributed by atoms with E-state index in [1.807, 2.05) is 30.3 Å². The number of H-pyrrole nitrogens is 1. The summed E-state index contributed by atoms with van der Waals surface area (Å²) in [6.45, 7) is 0.276. The Balaban J connectivity index is 1.74. The molecule has 0 spiro atoms. The number of nitrogens with one attached hydrogen (secondary N) is 2. The summed E-state index contributed by atoms with van der Waals surface area (Å²) in [5, 5.41) is 2.70. The molecule has 0 bridgehead atoms. The summed E-state index contributed by atoms with van der Waals surface area (Å²) in [6.07, 6.45) is 4.16. The largest absolute Gasteiger partial charge is 0.355 e. The highest BCUT2D eigenvalue weighted by Gasteiger charge is 2.23. The first-order chi connectivity index (χ1) is 11.0. The number of likely N-dealkylation sites (N-methyl/N-ethyl adjacent to an activating group) is 1. The minimum absolute atomic E-state index is 0.0307. The van der Waals surface area contributed by atoms with Crippen molar-refractivity contribution in [1.29, 1.82) is 0 Å². The van der Waals surface area contributed by atoms with Crippen LogP contribution in [0, 0.1) is 0 Å². The fourth-order valence-corrected chi connectivity index (χ4v) is 3.08. The molecule has 0 aliphatic carbocycles. The second-order valence-corrected chi connectivity index (χ2v) is 7.13. The number of rotatable bonds is 8. The second-order valence-electron chi connectivity index (χ2n) is 5.12. The van der Waals surface area contributed by atoms with Crippen LogP contribution < -0.4 is 5.32 Å². The topological polar surface area (TPSA) is 95.2 Å². The van der Waals surface area contributed by atoms with Gasteiger partial charge < -0.3 is 10.3 Å². The minimum atomic E-state index is -3.71. The summed E-state index contributed by atoms with van der Waals surface area (Å²) in [5.41, 5.74) is 1.21. The first kappa shape index (κ1) is 17.2. The van der Waals surface area contributed by atoms with E-state index in [4.69, 9.17) is 0 Å². The van der Waals surface area contributed by atoms with Crippen LogP contribution in [0.4, 0.5) is 0 Å². The lowest BCUT2D eigenvalue weighted by molar-refractivity contribution is -0.121. The number of aromatic amines is 1. The van der Waals surface area contributed by atoms with Gasteiger partial charge in [0.05, 0.1) is 19.1 Å². The van der Waals surface area contributed by atoms with Crippen LogP contribution in [0.15, 0.2) is 47.9 Å². The van der Waals surface area contributed by atoms with E-state index in [0.29, 0.717) is 6.54 Å². The van der Waals surface area contributed by atoms with Crippen molar-refractivity contribution in [3.63, 3.8) is 0 Å². The van der Waals surface area contributed by atoms with E-state index in [-0.39, 0.29) is 17.5 Å². The third-order valence-electron chi connectivity index (χ3n) is 3.33. The summed E-state index contributed by atoms with van der Waals surface area (Å²) >= 11 is 0. The van der Waals surface area contributed by atoms with Crippen LogP contribution in [0.5, 0.6) is 0 Å². The molecule has 0 aliphatic rings. The molecule has 2 aromatic rings. The molecule has 0 atom stereocenters. The van der Waals surface area contributed by atoms with Gasteiger partial charge >= 0.3 is 0 Å². The summed E-state index contributed by atoms with van der Waals surface area (Å²) < 4.78 is 25.2. The zero-order valence-corrected chi connectivity index (χ0v) is 13.7. The number of carbonyl (C=O) groups is 1. The van der Waals surface area contributed by atoms with Crippen molar-refractivity contribution < 1.29 is 13.2 Å². The molecule has 1 heterocycles. The van der Waals surface area contributed by atoms with E-state index < -0.39 is 10.0 Å². The molecule has 0 radical (unpaired) electrons. The molecule has 124 valence electrons. The lowest BCUT2D eigenvalue weighted by Crippen LogP contribution is -2.38. The summed E-state index contributed by atoms with van der Waals surface area (Å²) in [6, 6.07) is 9.98. The fraction of sp³-hybridized carbons (Fsp3) is 0.333. The number of aryl methyl sites for hydroxylation is 1. The molecule has 7 nitrogen and oxygen atoms in total. The van der Waals surface area contributed by atoms with Crippen LogP contribution in [0.25, 0.3) is 0 Å². The van der Waals surface area contributed by atoms with E-state index in [2.05, 4.69) is 15.3 Å². The number of sulfonamides is 1. The van der Waals surface area contributed by atoms with Crippen LogP contribution in [0.3, 0.4) is 0 Å². The Morgan fingerprint density at radius 3 is 2.70 bits per heavy atom. The highest BCUT2D eigenvalue weighted by molar-refractivity contribution is 7.89. The first-order valence-corrected chi connectivity index (χ1v) is 8.69. The monoisotopic (exact) mass is 336 g/mol. The molecule has 0 saturated heterocycles. The summed E-state index contributed by atoms with van der Waals surface area (Å²) in [5.74, 6) is -0.330. The van der Waals surface area contributed by atoms with Gasteiger partial charge in [0.2, 0.25) is 5.91 Å². The van der Waals surface area contributed by atoms with Gasteiger partial charge in [-0.15, -0.1) is 0 Å². The van der Waals surface area contributed by atoms with Crippen molar-refractivity contribution in [1.82, 2.24) is 19.6 Å². The van der Waals surface area contributed by atoms with Gasteiger partial charge in [-0.3, -0.25) is 4.79 Å². The van der Waals surface area contributed by atoms with Gasteiger partial charge in [-0.05, 0) is 18.4 Å². The second kappa shape index (κ2) is 7.89. The van der Waals surface area contributed by atoms with Gasteiger partial charge in [0.15, 0.2) is 5.03 Å². The Kier molecular flexibility index (Phi) is 5.89. The van der Waals surface area contributed by atoms with Gasteiger partial charge in [-0.1, -0.05) is 30.3 Å². The Hall–Kier alpha value is -2.19. The van der Waals surface area contributed by atoms with Crippen molar-refractivity contribution in [2.75, 3.05) is 20.1 Å². The standard InChI is InChI=1S/C15H20N4O3S/c1-19(23(21,22)15-10-16-12-18-15)11-14(20)17-9-5-8-13-6-3-2-4-7-13/h2-4,6-7,10,12H,5,8-9,11H2,1H3,(H,16,18)(H,17,20). The van der Waals surface area contributed by atoms with E-state index in [1.165, 1.54) is 25.1 Å².